The van der Waals surface area contributed by atoms with Gasteiger partial charge in [0, 0.05) is 0 Å². The van der Waals surface area contributed by atoms with E-state index in [1.807, 2.05) is 24.3 Å². The monoisotopic (exact) mass is 344 g/mol. The van der Waals surface area contributed by atoms with Crippen molar-refractivity contribution in [1.82, 2.24) is 20.4 Å². The SMILES string of the molecule is CC(C)(C)c1ccc([C@@]2(C)NC(=O)N(Cc3nncs3)C2=O)cc1. The standard InChI is InChI=1S/C17H20N4O2S/c1-16(2,3)11-5-7-12(8-6-11)17(4)14(22)21(15(23)19-17)9-13-20-18-10-24-13/h5-8,10H,9H2,1-4H3,(H,19,23)/t17-/m1/s1. The summed E-state index contributed by atoms with van der Waals surface area (Å²) >= 11 is 1.32. The van der Waals surface area contributed by atoms with Gasteiger partial charge in [0.05, 0.1) is 6.54 Å². The second kappa shape index (κ2) is 5.66. The maximum atomic E-state index is 12.8. The van der Waals surface area contributed by atoms with Gasteiger partial charge >= 0.3 is 6.03 Å². The molecule has 0 saturated carbocycles. The number of rotatable bonds is 3. The fraction of sp³-hybridized carbons (Fsp3) is 0.412. The van der Waals surface area contributed by atoms with Crippen molar-refractivity contribution in [3.63, 3.8) is 0 Å². The van der Waals surface area contributed by atoms with Crippen LogP contribution in [0.1, 0.15) is 43.8 Å². The molecule has 0 unspecified atom stereocenters. The minimum absolute atomic E-state index is 0.0340. The number of imide groups is 1. The summed E-state index contributed by atoms with van der Waals surface area (Å²) in [6.07, 6.45) is 0. The molecule has 24 heavy (non-hydrogen) atoms. The van der Waals surface area contributed by atoms with Crippen molar-refractivity contribution < 1.29 is 9.59 Å². The highest BCUT2D eigenvalue weighted by atomic mass is 32.1. The summed E-state index contributed by atoms with van der Waals surface area (Å²) in [5.41, 5.74) is 2.51. The first-order valence-corrected chi connectivity index (χ1v) is 8.60. The van der Waals surface area contributed by atoms with E-state index in [2.05, 4.69) is 36.3 Å². The highest BCUT2D eigenvalue weighted by Gasteiger charge is 2.49. The van der Waals surface area contributed by atoms with Crippen molar-refractivity contribution in [2.24, 2.45) is 0 Å². The van der Waals surface area contributed by atoms with Gasteiger partial charge in [-0.25, -0.2) is 4.79 Å². The van der Waals surface area contributed by atoms with Crippen molar-refractivity contribution in [2.45, 2.75) is 45.2 Å². The minimum atomic E-state index is -1.06. The molecule has 1 N–H and O–H groups in total. The van der Waals surface area contributed by atoms with Crippen LogP contribution >= 0.6 is 11.3 Å². The van der Waals surface area contributed by atoms with Crippen molar-refractivity contribution in [1.29, 1.82) is 0 Å². The number of carbonyl (C=O) groups is 2. The number of nitrogens with zero attached hydrogens (tertiary/aromatic N) is 3. The molecule has 1 aliphatic rings. The maximum absolute atomic E-state index is 12.8. The number of hydrogen-bond acceptors (Lipinski definition) is 5. The zero-order chi connectivity index (χ0) is 17.5. The van der Waals surface area contributed by atoms with Crippen LogP contribution in [0.15, 0.2) is 29.8 Å². The molecule has 126 valence electrons. The number of hydrogen-bond donors (Lipinski definition) is 1. The Labute approximate surface area is 144 Å². The molecule has 3 rings (SSSR count). The van der Waals surface area contributed by atoms with Crippen molar-refractivity contribution in [3.8, 4) is 0 Å². The van der Waals surface area contributed by atoms with E-state index in [1.54, 1.807) is 12.4 Å². The van der Waals surface area contributed by atoms with Gasteiger partial charge in [0.25, 0.3) is 5.91 Å². The van der Waals surface area contributed by atoms with E-state index < -0.39 is 11.6 Å². The zero-order valence-electron chi connectivity index (χ0n) is 14.2. The Hall–Kier alpha value is -2.28. The van der Waals surface area contributed by atoms with E-state index in [0.29, 0.717) is 5.01 Å². The van der Waals surface area contributed by atoms with Crippen LogP contribution in [0, 0.1) is 0 Å². The number of benzene rings is 1. The van der Waals surface area contributed by atoms with Gasteiger partial charge in [-0.3, -0.25) is 9.69 Å². The summed E-state index contributed by atoms with van der Waals surface area (Å²) < 4.78 is 0. The molecule has 3 amide bonds. The third-order valence-electron chi connectivity index (χ3n) is 4.30. The molecule has 0 bridgehead atoms. The normalized spacial score (nSPS) is 21.2. The van der Waals surface area contributed by atoms with E-state index in [1.165, 1.54) is 21.8 Å². The van der Waals surface area contributed by atoms with Gasteiger partial charge in [0.2, 0.25) is 0 Å². The Kier molecular flexibility index (Phi) is 3.91. The minimum Gasteiger partial charge on any atom is -0.319 e. The average Bonchev–Trinajstić information content (AvgIpc) is 3.10. The van der Waals surface area contributed by atoms with Crippen molar-refractivity contribution in [3.05, 3.63) is 45.9 Å². The average molecular weight is 344 g/mol. The third-order valence-corrected chi connectivity index (χ3v) is 4.98. The van der Waals surface area contributed by atoms with Gasteiger partial charge in [-0.05, 0) is 23.5 Å². The van der Waals surface area contributed by atoms with Gasteiger partial charge in [0.1, 0.15) is 16.1 Å². The van der Waals surface area contributed by atoms with Gasteiger partial charge in [-0.2, -0.15) is 0 Å². The summed E-state index contributed by atoms with van der Waals surface area (Å²) in [5, 5.41) is 11.1. The van der Waals surface area contributed by atoms with Crippen molar-refractivity contribution >= 4 is 23.3 Å². The molecule has 0 aliphatic carbocycles. The lowest BCUT2D eigenvalue weighted by atomic mass is 9.84. The van der Waals surface area contributed by atoms with Crippen molar-refractivity contribution in [2.75, 3.05) is 0 Å². The van der Waals surface area contributed by atoms with Gasteiger partial charge in [-0.1, -0.05) is 45.0 Å². The molecule has 1 atom stereocenters. The smallest absolute Gasteiger partial charge is 0.319 e. The van der Waals surface area contributed by atoms with Crippen LogP contribution in [0.5, 0.6) is 0 Å². The van der Waals surface area contributed by atoms with E-state index >= 15 is 0 Å². The predicted octanol–water partition coefficient (Wildman–Crippen LogP) is 2.80. The topological polar surface area (TPSA) is 75.2 Å². The summed E-state index contributed by atoms with van der Waals surface area (Å²) in [6.45, 7) is 8.28. The second-order valence-corrected chi connectivity index (χ2v) is 8.02. The number of amides is 3. The molecular weight excluding hydrogens is 324 g/mol. The van der Waals surface area contributed by atoms with Gasteiger partial charge in [0.15, 0.2) is 0 Å². The molecule has 1 aromatic heterocycles. The molecule has 1 fully saturated rings. The summed E-state index contributed by atoms with van der Waals surface area (Å²) in [4.78, 5) is 26.3. The molecule has 2 heterocycles. The number of nitrogens with one attached hydrogen (secondary N) is 1. The molecule has 1 saturated heterocycles. The van der Waals surface area contributed by atoms with Crippen LogP contribution in [0.25, 0.3) is 0 Å². The highest BCUT2D eigenvalue weighted by molar-refractivity contribution is 7.09. The van der Waals surface area contributed by atoms with Gasteiger partial charge in [-0.15, -0.1) is 21.5 Å². The predicted molar refractivity (Wildman–Crippen MR) is 91.5 cm³/mol. The fourth-order valence-electron chi connectivity index (χ4n) is 2.74. The molecule has 6 nitrogen and oxygen atoms in total. The lowest BCUT2D eigenvalue weighted by molar-refractivity contribution is -0.131. The van der Waals surface area contributed by atoms with E-state index in [9.17, 15) is 9.59 Å². The van der Waals surface area contributed by atoms with Crippen LogP contribution in [-0.4, -0.2) is 27.0 Å². The molecule has 7 heteroatoms. The quantitative estimate of drug-likeness (QED) is 0.869. The number of urea groups is 1. The zero-order valence-corrected chi connectivity index (χ0v) is 15.0. The van der Waals surface area contributed by atoms with Crippen LogP contribution in [0.3, 0.4) is 0 Å². The Bertz CT molecular complexity index is 765. The van der Waals surface area contributed by atoms with Crippen LogP contribution in [0.4, 0.5) is 4.79 Å². The third kappa shape index (κ3) is 2.80. The Morgan fingerprint density at radius 3 is 2.42 bits per heavy atom. The molecule has 0 spiro atoms. The molecule has 1 aliphatic heterocycles. The first-order chi connectivity index (χ1) is 11.2. The maximum Gasteiger partial charge on any atom is 0.325 e. The summed E-state index contributed by atoms with van der Waals surface area (Å²) in [7, 11) is 0. The Morgan fingerprint density at radius 2 is 1.88 bits per heavy atom. The molecular formula is C17H20N4O2S. The largest absolute Gasteiger partial charge is 0.325 e. The van der Waals surface area contributed by atoms with E-state index in [4.69, 9.17) is 0 Å². The van der Waals surface area contributed by atoms with Crippen LogP contribution in [-0.2, 0) is 22.3 Å². The number of aromatic nitrogens is 2. The Morgan fingerprint density at radius 1 is 1.21 bits per heavy atom. The fourth-order valence-corrected chi connectivity index (χ4v) is 3.25. The van der Waals surface area contributed by atoms with E-state index in [-0.39, 0.29) is 17.9 Å². The van der Waals surface area contributed by atoms with Gasteiger partial charge < -0.3 is 5.32 Å². The highest BCUT2D eigenvalue weighted by Crippen LogP contribution is 2.31. The van der Waals surface area contributed by atoms with E-state index in [0.717, 1.165) is 5.56 Å². The molecule has 1 aromatic carbocycles. The van der Waals surface area contributed by atoms with Crippen LogP contribution < -0.4 is 5.32 Å². The number of carbonyl (C=O) groups excluding carboxylic acids is 2. The first kappa shape index (κ1) is 16.6. The lowest BCUT2D eigenvalue weighted by Gasteiger charge is -2.24. The summed E-state index contributed by atoms with van der Waals surface area (Å²) in [5.74, 6) is -0.272. The van der Waals surface area contributed by atoms with Crippen LogP contribution in [0.2, 0.25) is 0 Å². The first-order valence-electron chi connectivity index (χ1n) is 7.72. The summed E-state index contributed by atoms with van der Waals surface area (Å²) in [6, 6.07) is 7.43. The molecule has 0 radical (unpaired) electrons. The lowest BCUT2D eigenvalue weighted by Crippen LogP contribution is -2.40. The second-order valence-electron chi connectivity index (χ2n) is 7.11. The Balaban J connectivity index is 1.87. The molecule has 2 aromatic rings.